The molecule has 0 aliphatic carbocycles. The van der Waals surface area contributed by atoms with Crippen LogP contribution < -0.4 is 5.63 Å². The van der Waals surface area contributed by atoms with Crippen LogP contribution in [0.25, 0.3) is 11.0 Å². The molecule has 9 nitrogen and oxygen atoms in total. The van der Waals surface area contributed by atoms with Crippen LogP contribution in [-0.2, 0) is 4.74 Å². The van der Waals surface area contributed by atoms with Crippen LogP contribution in [0.3, 0.4) is 0 Å². The largest absolute Gasteiger partial charge is 0.477 e. The van der Waals surface area contributed by atoms with Crippen molar-refractivity contribution in [2.45, 2.75) is 30.5 Å². The number of fused-ring (bicyclic) bond motifs is 1. The van der Waals surface area contributed by atoms with Gasteiger partial charge in [0.05, 0.1) is 6.61 Å². The molecule has 1 aliphatic rings. The van der Waals surface area contributed by atoms with Crippen LogP contribution in [0.1, 0.15) is 22.0 Å². The summed E-state index contributed by atoms with van der Waals surface area (Å²) < 4.78 is 10.4. The first-order valence-corrected chi connectivity index (χ1v) is 7.45. The lowest BCUT2D eigenvalue weighted by molar-refractivity contribution is -0.231. The van der Waals surface area contributed by atoms with Gasteiger partial charge in [-0.15, -0.1) is 0 Å². The van der Waals surface area contributed by atoms with Crippen LogP contribution in [0.4, 0.5) is 0 Å². The highest BCUT2D eigenvalue weighted by atomic mass is 16.5. The summed E-state index contributed by atoms with van der Waals surface area (Å²) in [7, 11) is 0. The van der Waals surface area contributed by atoms with Gasteiger partial charge >= 0.3 is 11.6 Å². The molecule has 1 aromatic carbocycles. The van der Waals surface area contributed by atoms with Gasteiger partial charge in [-0.05, 0) is 17.7 Å². The number of carboxylic acid groups (broad SMARTS) is 1. The van der Waals surface area contributed by atoms with Crippen LogP contribution in [0, 0.1) is 0 Å². The molecule has 0 radical (unpaired) electrons. The highest BCUT2D eigenvalue weighted by Gasteiger charge is 2.44. The van der Waals surface area contributed by atoms with E-state index in [9.17, 15) is 30.0 Å². The van der Waals surface area contributed by atoms with Gasteiger partial charge in [0.25, 0.3) is 0 Å². The molecule has 0 spiro atoms. The number of hydrogen-bond acceptors (Lipinski definition) is 8. The topological polar surface area (TPSA) is 158 Å². The van der Waals surface area contributed by atoms with Gasteiger partial charge in [-0.2, -0.15) is 0 Å². The number of hydrogen-bond donors (Lipinski definition) is 5. The molecule has 9 heteroatoms. The second-order valence-electron chi connectivity index (χ2n) is 5.80. The van der Waals surface area contributed by atoms with Crippen molar-refractivity contribution in [2.24, 2.45) is 0 Å². The quantitative estimate of drug-likeness (QED) is 0.437. The smallest absolute Gasteiger partial charge is 0.351 e. The fourth-order valence-electron chi connectivity index (χ4n) is 2.83. The molecule has 5 N–H and O–H groups in total. The Balaban J connectivity index is 2.02. The maximum atomic E-state index is 11.7. The SMILES string of the molecule is O=C(O)c1cc2ccc([C@@H]3O[C@H](CO)[C@H](O)[C@H](O)[C@H]3O)cc2oc1=O. The van der Waals surface area contributed by atoms with Crippen molar-refractivity contribution in [2.75, 3.05) is 6.61 Å². The van der Waals surface area contributed by atoms with Crippen molar-refractivity contribution in [3.8, 4) is 0 Å². The van der Waals surface area contributed by atoms with Crippen molar-refractivity contribution in [3.63, 3.8) is 0 Å². The molecule has 2 aromatic rings. The molecule has 3 rings (SSSR count). The molecule has 0 amide bonds. The Morgan fingerprint density at radius 2 is 1.80 bits per heavy atom. The van der Waals surface area contributed by atoms with E-state index in [1.54, 1.807) is 0 Å². The van der Waals surface area contributed by atoms with E-state index in [1.807, 2.05) is 0 Å². The molecule has 1 aromatic heterocycles. The minimum Gasteiger partial charge on any atom is -0.477 e. The number of carboxylic acids is 1. The summed E-state index contributed by atoms with van der Waals surface area (Å²) in [6.45, 7) is -0.563. The zero-order valence-corrected chi connectivity index (χ0v) is 12.8. The molecular weight excluding hydrogens is 336 g/mol. The lowest BCUT2D eigenvalue weighted by Crippen LogP contribution is -2.55. The van der Waals surface area contributed by atoms with E-state index in [2.05, 4.69) is 0 Å². The van der Waals surface area contributed by atoms with Gasteiger partial charge in [0, 0.05) is 5.39 Å². The third kappa shape index (κ3) is 3.03. The summed E-state index contributed by atoms with van der Waals surface area (Å²) in [5.74, 6) is -1.41. The van der Waals surface area contributed by atoms with Crippen molar-refractivity contribution >= 4 is 16.9 Å². The number of ether oxygens (including phenoxy) is 1. The Kier molecular flexibility index (Phi) is 4.58. The van der Waals surface area contributed by atoms with Crippen molar-refractivity contribution in [1.82, 2.24) is 0 Å². The predicted octanol–water partition coefficient (Wildman–Crippen LogP) is -0.994. The van der Waals surface area contributed by atoms with Gasteiger partial charge in [-0.25, -0.2) is 9.59 Å². The van der Waals surface area contributed by atoms with Gasteiger partial charge in [0.15, 0.2) is 0 Å². The number of aliphatic hydroxyl groups is 4. The van der Waals surface area contributed by atoms with Crippen molar-refractivity contribution in [3.05, 3.63) is 45.8 Å². The molecule has 1 aliphatic heterocycles. The summed E-state index contributed by atoms with van der Waals surface area (Å²) in [4.78, 5) is 22.7. The van der Waals surface area contributed by atoms with Gasteiger partial charge in [-0.3, -0.25) is 0 Å². The minimum absolute atomic E-state index is 0.0736. The standard InChI is InChI=1S/C16H16O9/c17-5-10-11(18)12(19)13(20)14(24-10)7-2-1-6-3-8(15(21)22)16(23)25-9(6)4-7/h1-4,10-14,17-20H,5H2,(H,21,22)/t10-,11+,12+,13-,14+/m1/s1. The number of carbonyl (C=O) groups is 1. The summed E-state index contributed by atoms with van der Waals surface area (Å²) in [5.41, 5.74) is -1.13. The number of aliphatic hydroxyl groups excluding tert-OH is 4. The van der Waals surface area contributed by atoms with E-state index in [-0.39, 0.29) is 5.58 Å². The third-order valence-corrected chi connectivity index (χ3v) is 4.21. The Labute approximate surface area is 140 Å². The average molecular weight is 352 g/mol. The first-order chi connectivity index (χ1) is 11.8. The molecule has 5 atom stereocenters. The molecule has 0 bridgehead atoms. The van der Waals surface area contributed by atoms with Crippen LogP contribution in [-0.4, -0.2) is 62.5 Å². The zero-order chi connectivity index (χ0) is 18.3. The first kappa shape index (κ1) is 17.5. The molecule has 1 fully saturated rings. The third-order valence-electron chi connectivity index (χ3n) is 4.21. The van der Waals surface area contributed by atoms with E-state index in [4.69, 9.17) is 14.3 Å². The van der Waals surface area contributed by atoms with Crippen LogP contribution in [0.15, 0.2) is 33.5 Å². The molecule has 25 heavy (non-hydrogen) atoms. The molecule has 134 valence electrons. The Bertz CT molecular complexity index is 856. The summed E-state index contributed by atoms with van der Waals surface area (Å²) in [6, 6.07) is 5.51. The number of rotatable bonds is 3. The number of aromatic carboxylic acids is 1. The Hall–Kier alpha value is -2.30. The van der Waals surface area contributed by atoms with Gasteiger partial charge in [0.2, 0.25) is 0 Å². The van der Waals surface area contributed by atoms with Gasteiger partial charge in [0.1, 0.15) is 41.7 Å². The van der Waals surface area contributed by atoms with Crippen LogP contribution >= 0.6 is 0 Å². The van der Waals surface area contributed by atoms with Crippen molar-refractivity contribution in [1.29, 1.82) is 0 Å². The summed E-state index contributed by atoms with van der Waals surface area (Å²) in [5, 5.41) is 48.3. The highest BCUT2D eigenvalue weighted by molar-refractivity contribution is 5.91. The molecular formula is C16H16O9. The summed E-state index contributed by atoms with van der Waals surface area (Å²) >= 11 is 0. The van der Waals surface area contributed by atoms with Crippen LogP contribution in [0.5, 0.6) is 0 Å². The van der Waals surface area contributed by atoms with E-state index < -0.39 is 54.3 Å². The maximum Gasteiger partial charge on any atom is 0.351 e. The summed E-state index contributed by atoms with van der Waals surface area (Å²) in [6.07, 6.45) is -6.63. The van der Waals surface area contributed by atoms with E-state index in [0.29, 0.717) is 10.9 Å². The lowest BCUT2D eigenvalue weighted by atomic mass is 9.91. The van der Waals surface area contributed by atoms with E-state index in [0.717, 1.165) is 0 Å². The van der Waals surface area contributed by atoms with Crippen LogP contribution in [0.2, 0.25) is 0 Å². The highest BCUT2D eigenvalue weighted by Crippen LogP contribution is 2.33. The maximum absolute atomic E-state index is 11.7. The second kappa shape index (κ2) is 6.54. The Morgan fingerprint density at radius 1 is 1.08 bits per heavy atom. The molecule has 1 saturated heterocycles. The minimum atomic E-state index is -1.53. The fraction of sp³-hybridized carbons (Fsp3) is 0.375. The van der Waals surface area contributed by atoms with Gasteiger partial charge in [-0.1, -0.05) is 12.1 Å². The van der Waals surface area contributed by atoms with Gasteiger partial charge < -0.3 is 34.7 Å². The number of benzene rings is 1. The molecule has 0 saturated carbocycles. The average Bonchev–Trinajstić information content (AvgIpc) is 2.58. The van der Waals surface area contributed by atoms with Crippen molar-refractivity contribution < 1.29 is 39.5 Å². The first-order valence-electron chi connectivity index (χ1n) is 7.45. The fourth-order valence-corrected chi connectivity index (χ4v) is 2.83. The second-order valence-corrected chi connectivity index (χ2v) is 5.80. The molecule has 0 unspecified atom stereocenters. The zero-order valence-electron chi connectivity index (χ0n) is 12.8. The lowest BCUT2D eigenvalue weighted by Gasteiger charge is -2.40. The Morgan fingerprint density at radius 3 is 2.44 bits per heavy atom. The van der Waals surface area contributed by atoms with E-state index in [1.165, 1.54) is 24.3 Å². The predicted molar refractivity (Wildman–Crippen MR) is 82.2 cm³/mol. The molecule has 2 heterocycles. The normalized spacial score (nSPS) is 29.7. The monoisotopic (exact) mass is 352 g/mol. The van der Waals surface area contributed by atoms with E-state index >= 15 is 0 Å².